The summed E-state index contributed by atoms with van der Waals surface area (Å²) in [6, 6.07) is -2.95. The minimum absolute atomic E-state index is 0.166. The van der Waals surface area contributed by atoms with E-state index in [-0.39, 0.29) is 6.42 Å². The van der Waals surface area contributed by atoms with Crippen LogP contribution in [0.25, 0.3) is 0 Å². The van der Waals surface area contributed by atoms with Gasteiger partial charge in [0.05, 0.1) is 0 Å². The first kappa shape index (κ1) is 12.8. The highest BCUT2D eigenvalue weighted by Crippen LogP contribution is 2.14. The maximum atomic E-state index is 12.1. The van der Waals surface area contributed by atoms with Crippen LogP contribution in [0, 0.1) is 0 Å². The molecule has 0 bridgehead atoms. The van der Waals surface area contributed by atoms with Crippen molar-refractivity contribution in [2.75, 3.05) is 0 Å². The highest BCUT2D eigenvalue weighted by atomic mass is 19.2. The number of aliphatic hydroxyl groups is 2. The highest BCUT2D eigenvalue weighted by molar-refractivity contribution is 4.50. The summed E-state index contributed by atoms with van der Waals surface area (Å²) in [5, 5.41) is 16.7. The Morgan fingerprint density at radius 2 is 1.38 bits per heavy atom. The first-order chi connectivity index (χ1) is 6.06. The van der Waals surface area contributed by atoms with E-state index in [0.717, 1.165) is 12.8 Å². The van der Waals surface area contributed by atoms with E-state index in [9.17, 15) is 4.39 Å². The molecule has 0 aliphatic heterocycles. The first-order valence-electron chi connectivity index (χ1n) is 5.20. The highest BCUT2D eigenvalue weighted by Gasteiger charge is 2.19. The Hall–Kier alpha value is -0.150. The molecule has 0 aliphatic carbocycles. The van der Waals surface area contributed by atoms with E-state index in [1.54, 1.807) is 0 Å². The van der Waals surface area contributed by atoms with Gasteiger partial charge in [0.25, 0.3) is 0 Å². The molecule has 80 valence electrons. The largest absolute Gasteiger partial charge is 0.340 e. The van der Waals surface area contributed by atoms with Gasteiger partial charge < -0.3 is 10.2 Å². The van der Waals surface area contributed by atoms with Crippen LogP contribution in [-0.2, 0) is 0 Å². The molecule has 0 amide bonds. The minimum atomic E-state index is -2.95. The third-order valence-electron chi connectivity index (χ3n) is 2.10. The quantitative estimate of drug-likeness (QED) is 0.458. The number of hydrogen-bond donors (Lipinski definition) is 2. The van der Waals surface area contributed by atoms with E-state index in [2.05, 4.69) is 6.92 Å². The fourth-order valence-electron chi connectivity index (χ4n) is 1.31. The predicted molar refractivity (Wildman–Crippen MR) is 50.9 cm³/mol. The molecule has 3 heteroatoms. The molecule has 0 heterocycles. The average molecular weight is 192 g/mol. The lowest BCUT2D eigenvalue weighted by atomic mass is 10.1. The number of alkyl halides is 1. The molecule has 0 saturated heterocycles. The van der Waals surface area contributed by atoms with Gasteiger partial charge in [-0.25, -0.2) is 0 Å². The molecule has 2 nitrogen and oxygen atoms in total. The van der Waals surface area contributed by atoms with Crippen LogP contribution in [-0.4, -0.2) is 16.3 Å². The number of halogens is 1. The van der Waals surface area contributed by atoms with E-state index >= 15 is 0 Å². The van der Waals surface area contributed by atoms with Crippen molar-refractivity contribution in [1.29, 1.82) is 0 Å². The van der Waals surface area contributed by atoms with Gasteiger partial charge in [0.2, 0.25) is 0 Å². The van der Waals surface area contributed by atoms with Gasteiger partial charge in [0, 0.05) is 6.42 Å². The Morgan fingerprint density at radius 1 is 0.923 bits per heavy atom. The molecule has 0 spiro atoms. The van der Waals surface area contributed by atoms with Crippen LogP contribution in [0.4, 0.5) is 4.39 Å². The molecular weight excluding hydrogens is 171 g/mol. The van der Waals surface area contributed by atoms with Crippen LogP contribution in [0.3, 0.4) is 0 Å². The van der Waals surface area contributed by atoms with Gasteiger partial charge in [-0.3, -0.25) is 0 Å². The zero-order chi connectivity index (χ0) is 10.2. The Balaban J connectivity index is 3.00. The van der Waals surface area contributed by atoms with Crippen molar-refractivity contribution < 1.29 is 14.6 Å². The normalized spacial score (nSPS) is 12.0. The van der Waals surface area contributed by atoms with Crippen molar-refractivity contribution in [3.63, 3.8) is 0 Å². The van der Waals surface area contributed by atoms with Crippen LogP contribution >= 0.6 is 0 Å². The van der Waals surface area contributed by atoms with Crippen LogP contribution in [0.15, 0.2) is 0 Å². The third kappa shape index (κ3) is 11.9. The van der Waals surface area contributed by atoms with E-state index in [1.165, 1.54) is 25.7 Å². The van der Waals surface area contributed by atoms with Crippen molar-refractivity contribution in [2.24, 2.45) is 0 Å². The second kappa shape index (κ2) is 7.27. The SMILES string of the molecule is CCCCCCCCCC(O)(O)F. The van der Waals surface area contributed by atoms with Gasteiger partial charge in [-0.1, -0.05) is 45.4 Å². The number of hydrogen-bond acceptors (Lipinski definition) is 2. The Bertz CT molecular complexity index is 110. The van der Waals surface area contributed by atoms with E-state index in [4.69, 9.17) is 10.2 Å². The van der Waals surface area contributed by atoms with Crippen molar-refractivity contribution in [1.82, 2.24) is 0 Å². The zero-order valence-electron chi connectivity index (χ0n) is 8.43. The van der Waals surface area contributed by atoms with Crippen LogP contribution < -0.4 is 0 Å². The summed E-state index contributed by atoms with van der Waals surface area (Å²) in [4.78, 5) is 0. The minimum Gasteiger partial charge on any atom is -0.340 e. The Morgan fingerprint density at radius 3 is 1.85 bits per heavy atom. The van der Waals surface area contributed by atoms with Crippen molar-refractivity contribution >= 4 is 0 Å². The number of unbranched alkanes of at least 4 members (excludes halogenated alkanes) is 6. The van der Waals surface area contributed by atoms with Gasteiger partial charge in [-0.15, -0.1) is 0 Å². The summed E-state index contributed by atoms with van der Waals surface area (Å²) >= 11 is 0. The summed E-state index contributed by atoms with van der Waals surface area (Å²) in [5.41, 5.74) is 0. The lowest BCUT2D eigenvalue weighted by Gasteiger charge is -2.09. The molecule has 0 fully saturated rings. The second-order valence-corrected chi connectivity index (χ2v) is 3.59. The van der Waals surface area contributed by atoms with Gasteiger partial charge in [0.15, 0.2) is 0 Å². The second-order valence-electron chi connectivity index (χ2n) is 3.59. The van der Waals surface area contributed by atoms with Gasteiger partial charge in [0.1, 0.15) is 0 Å². The number of rotatable bonds is 8. The molecule has 0 rings (SSSR count). The monoisotopic (exact) mass is 192 g/mol. The smallest absolute Gasteiger partial charge is 0.315 e. The lowest BCUT2D eigenvalue weighted by molar-refractivity contribution is -0.262. The molecule has 0 saturated carbocycles. The molecule has 0 aromatic rings. The molecule has 0 radical (unpaired) electrons. The van der Waals surface area contributed by atoms with Crippen molar-refractivity contribution in [3.8, 4) is 0 Å². The summed E-state index contributed by atoms with van der Waals surface area (Å²) in [7, 11) is 0. The Kier molecular flexibility index (Phi) is 7.19. The molecule has 0 aromatic heterocycles. The lowest BCUT2D eigenvalue weighted by Crippen LogP contribution is -2.20. The molecule has 0 aliphatic rings. The third-order valence-corrected chi connectivity index (χ3v) is 2.10. The van der Waals surface area contributed by atoms with Crippen molar-refractivity contribution in [2.45, 2.75) is 64.3 Å². The van der Waals surface area contributed by atoms with Gasteiger partial charge in [-0.05, 0) is 6.42 Å². The summed E-state index contributed by atoms with van der Waals surface area (Å²) in [5.74, 6) is 0. The zero-order valence-corrected chi connectivity index (χ0v) is 8.43. The fourth-order valence-corrected chi connectivity index (χ4v) is 1.31. The Labute approximate surface area is 79.8 Å². The summed E-state index contributed by atoms with van der Waals surface area (Å²) in [6.07, 6.45) is 7.22. The van der Waals surface area contributed by atoms with Gasteiger partial charge in [-0.2, -0.15) is 4.39 Å². The standard InChI is InChI=1S/C10H21FO2/c1-2-3-4-5-6-7-8-9-10(11,12)13/h12-13H,2-9H2,1H3. The van der Waals surface area contributed by atoms with E-state index in [0.29, 0.717) is 6.42 Å². The first-order valence-corrected chi connectivity index (χ1v) is 5.20. The topological polar surface area (TPSA) is 40.5 Å². The van der Waals surface area contributed by atoms with Crippen LogP contribution in [0.5, 0.6) is 0 Å². The fraction of sp³-hybridized carbons (Fsp3) is 1.00. The summed E-state index contributed by atoms with van der Waals surface area (Å²) < 4.78 is 12.1. The van der Waals surface area contributed by atoms with E-state index in [1.807, 2.05) is 0 Å². The van der Waals surface area contributed by atoms with Crippen LogP contribution in [0.1, 0.15) is 58.3 Å². The predicted octanol–water partition coefficient (Wildman–Crippen LogP) is 2.74. The summed E-state index contributed by atoms with van der Waals surface area (Å²) in [6.45, 7) is 2.16. The van der Waals surface area contributed by atoms with Gasteiger partial charge >= 0.3 is 6.04 Å². The maximum absolute atomic E-state index is 12.1. The molecular formula is C10H21FO2. The molecule has 0 unspecified atom stereocenters. The maximum Gasteiger partial charge on any atom is 0.315 e. The molecule has 13 heavy (non-hydrogen) atoms. The molecule has 0 aromatic carbocycles. The molecule has 0 atom stereocenters. The van der Waals surface area contributed by atoms with E-state index < -0.39 is 6.04 Å². The van der Waals surface area contributed by atoms with Crippen LogP contribution in [0.2, 0.25) is 0 Å². The average Bonchev–Trinajstić information content (AvgIpc) is 2.01. The molecule has 2 N–H and O–H groups in total. The van der Waals surface area contributed by atoms with Crippen molar-refractivity contribution in [3.05, 3.63) is 0 Å².